The van der Waals surface area contributed by atoms with Crippen LogP contribution in [-0.4, -0.2) is 15.1 Å². The molecule has 6 heteroatoms. The Kier molecular flexibility index (Phi) is 5.07. The van der Waals surface area contributed by atoms with Crippen LogP contribution in [0.1, 0.15) is 11.1 Å². The number of amides is 1. The van der Waals surface area contributed by atoms with Crippen LogP contribution in [0.2, 0.25) is 10.0 Å². The Bertz CT molecular complexity index is 785. The number of nitrogens with zero attached hydrogens (tertiary/aromatic N) is 1. The monoisotopic (exact) mass is 379 g/mol. The van der Waals surface area contributed by atoms with E-state index >= 15 is 0 Å². The fourth-order valence-corrected chi connectivity index (χ4v) is 4.01. The third-order valence-corrected chi connectivity index (χ3v) is 5.05. The third kappa shape index (κ3) is 3.96. The van der Waals surface area contributed by atoms with Crippen LogP contribution >= 0.6 is 47.2 Å². The molecule has 1 amide bonds. The Labute approximate surface area is 154 Å². The molecule has 1 saturated heterocycles. The van der Waals surface area contributed by atoms with Gasteiger partial charge in [0.25, 0.3) is 5.91 Å². The van der Waals surface area contributed by atoms with Crippen molar-refractivity contribution in [2.75, 3.05) is 0 Å². The van der Waals surface area contributed by atoms with Crippen molar-refractivity contribution >= 4 is 63.5 Å². The summed E-state index contributed by atoms with van der Waals surface area (Å²) in [4.78, 5) is 14.8. The molecule has 0 saturated carbocycles. The summed E-state index contributed by atoms with van der Waals surface area (Å²) in [5, 5.41) is 1.06. The molecular formula is C17H11Cl2NOS2. The van der Waals surface area contributed by atoms with Crippen molar-refractivity contribution < 1.29 is 4.79 Å². The summed E-state index contributed by atoms with van der Waals surface area (Å²) in [6.45, 7) is 0.471. The molecule has 116 valence electrons. The van der Waals surface area contributed by atoms with Crippen molar-refractivity contribution in [1.82, 2.24) is 4.90 Å². The van der Waals surface area contributed by atoms with E-state index in [2.05, 4.69) is 0 Å². The van der Waals surface area contributed by atoms with Gasteiger partial charge in [0.2, 0.25) is 0 Å². The van der Waals surface area contributed by atoms with Gasteiger partial charge in [-0.15, -0.1) is 0 Å². The molecule has 2 aromatic carbocycles. The van der Waals surface area contributed by atoms with Gasteiger partial charge in [0, 0.05) is 10.0 Å². The Morgan fingerprint density at radius 2 is 1.74 bits per heavy atom. The maximum Gasteiger partial charge on any atom is 0.266 e. The van der Waals surface area contributed by atoms with Gasteiger partial charge in [0.15, 0.2) is 0 Å². The van der Waals surface area contributed by atoms with E-state index in [1.165, 1.54) is 11.8 Å². The number of rotatable bonds is 3. The topological polar surface area (TPSA) is 20.3 Å². The average Bonchev–Trinajstić information content (AvgIpc) is 2.75. The minimum absolute atomic E-state index is 0.0973. The standard InChI is InChI=1S/C17H11Cl2NOS2/c18-13-6-12(7-14(19)9-13)8-15-16(21)20(17(22)23-15)10-11-4-2-1-3-5-11/h1-9H,10H2/b15-8-. The summed E-state index contributed by atoms with van der Waals surface area (Å²) >= 11 is 18.6. The van der Waals surface area contributed by atoms with Gasteiger partial charge in [-0.2, -0.15) is 0 Å². The van der Waals surface area contributed by atoms with Crippen LogP contribution in [0.15, 0.2) is 53.4 Å². The largest absolute Gasteiger partial charge is 0.288 e. The van der Waals surface area contributed by atoms with Gasteiger partial charge < -0.3 is 0 Å². The Balaban J connectivity index is 1.84. The predicted molar refractivity (Wildman–Crippen MR) is 102 cm³/mol. The Morgan fingerprint density at radius 3 is 2.39 bits per heavy atom. The number of thiocarbonyl (C=S) groups is 1. The second-order valence-electron chi connectivity index (χ2n) is 4.96. The van der Waals surface area contributed by atoms with Crippen LogP contribution in [0.3, 0.4) is 0 Å². The molecule has 1 aliphatic rings. The quantitative estimate of drug-likeness (QED) is 0.526. The van der Waals surface area contributed by atoms with Gasteiger partial charge in [-0.05, 0) is 35.4 Å². The molecule has 3 rings (SSSR count). The highest BCUT2D eigenvalue weighted by Gasteiger charge is 2.31. The molecule has 1 heterocycles. The van der Waals surface area contributed by atoms with Gasteiger partial charge in [0.05, 0.1) is 11.4 Å². The highest BCUT2D eigenvalue weighted by molar-refractivity contribution is 8.26. The SMILES string of the molecule is O=C1/C(=C/c2cc(Cl)cc(Cl)c2)SC(=S)N1Cc1ccccc1. The molecule has 0 bridgehead atoms. The number of hydrogen-bond donors (Lipinski definition) is 0. The number of hydrogen-bond acceptors (Lipinski definition) is 3. The zero-order valence-corrected chi connectivity index (χ0v) is 15.0. The summed E-state index contributed by atoms with van der Waals surface area (Å²) in [6.07, 6.45) is 1.77. The second-order valence-corrected chi connectivity index (χ2v) is 7.50. The third-order valence-electron chi connectivity index (χ3n) is 3.24. The van der Waals surface area contributed by atoms with Crippen molar-refractivity contribution in [2.24, 2.45) is 0 Å². The van der Waals surface area contributed by atoms with E-state index in [0.29, 0.717) is 25.8 Å². The fourth-order valence-electron chi connectivity index (χ4n) is 2.21. The van der Waals surface area contributed by atoms with Gasteiger partial charge >= 0.3 is 0 Å². The van der Waals surface area contributed by atoms with E-state index in [9.17, 15) is 4.79 Å². The zero-order chi connectivity index (χ0) is 16.4. The smallest absolute Gasteiger partial charge is 0.266 e. The lowest BCUT2D eigenvalue weighted by Crippen LogP contribution is -2.27. The Morgan fingerprint density at radius 1 is 1.09 bits per heavy atom. The van der Waals surface area contributed by atoms with Crippen molar-refractivity contribution in [1.29, 1.82) is 0 Å². The van der Waals surface area contributed by atoms with Crippen LogP contribution in [0, 0.1) is 0 Å². The van der Waals surface area contributed by atoms with Crippen LogP contribution in [-0.2, 0) is 11.3 Å². The lowest BCUT2D eigenvalue weighted by Gasteiger charge is -2.14. The van der Waals surface area contributed by atoms with E-state index in [0.717, 1.165) is 11.1 Å². The van der Waals surface area contributed by atoms with E-state index in [-0.39, 0.29) is 5.91 Å². The van der Waals surface area contributed by atoms with Crippen molar-refractivity contribution in [2.45, 2.75) is 6.54 Å². The van der Waals surface area contributed by atoms with E-state index < -0.39 is 0 Å². The summed E-state index contributed by atoms with van der Waals surface area (Å²) in [7, 11) is 0. The van der Waals surface area contributed by atoms with Crippen molar-refractivity contribution in [3.8, 4) is 0 Å². The number of benzene rings is 2. The van der Waals surface area contributed by atoms with E-state index in [1.54, 1.807) is 29.2 Å². The van der Waals surface area contributed by atoms with Gasteiger partial charge in [-0.1, -0.05) is 77.5 Å². The van der Waals surface area contributed by atoms with Gasteiger partial charge in [-0.25, -0.2) is 0 Å². The lowest BCUT2D eigenvalue weighted by molar-refractivity contribution is -0.122. The lowest BCUT2D eigenvalue weighted by atomic mass is 10.2. The summed E-state index contributed by atoms with van der Waals surface area (Å²) in [5.41, 5.74) is 1.82. The molecule has 0 aromatic heterocycles. The Hall–Kier alpha value is -1.33. The molecule has 0 unspecified atom stereocenters. The normalized spacial score (nSPS) is 16.4. The summed E-state index contributed by atoms with van der Waals surface area (Å²) in [6, 6.07) is 14.9. The van der Waals surface area contributed by atoms with Crippen molar-refractivity contribution in [3.05, 3.63) is 74.6 Å². The molecule has 1 fully saturated rings. The fraction of sp³-hybridized carbons (Fsp3) is 0.0588. The first-order valence-corrected chi connectivity index (χ1v) is 8.76. The van der Waals surface area contributed by atoms with Crippen LogP contribution in [0.5, 0.6) is 0 Å². The number of carbonyl (C=O) groups excluding carboxylic acids is 1. The summed E-state index contributed by atoms with van der Waals surface area (Å²) in [5.74, 6) is -0.0973. The predicted octanol–water partition coefficient (Wildman–Crippen LogP) is 5.39. The molecule has 0 atom stereocenters. The highest BCUT2D eigenvalue weighted by atomic mass is 35.5. The maximum absolute atomic E-state index is 12.6. The molecular weight excluding hydrogens is 369 g/mol. The van der Waals surface area contributed by atoms with Crippen LogP contribution in [0.4, 0.5) is 0 Å². The molecule has 0 aliphatic carbocycles. The van der Waals surface area contributed by atoms with Crippen LogP contribution in [0.25, 0.3) is 6.08 Å². The number of thioether (sulfide) groups is 1. The van der Waals surface area contributed by atoms with Gasteiger partial charge in [-0.3, -0.25) is 9.69 Å². The molecule has 23 heavy (non-hydrogen) atoms. The summed E-state index contributed by atoms with van der Waals surface area (Å²) < 4.78 is 0.554. The first kappa shape index (κ1) is 16.5. The molecule has 0 N–H and O–H groups in total. The first-order chi connectivity index (χ1) is 11.0. The number of halogens is 2. The molecule has 0 radical (unpaired) electrons. The van der Waals surface area contributed by atoms with E-state index in [1.807, 2.05) is 30.3 Å². The zero-order valence-electron chi connectivity index (χ0n) is 11.8. The molecule has 0 spiro atoms. The van der Waals surface area contributed by atoms with E-state index in [4.69, 9.17) is 35.4 Å². The first-order valence-electron chi connectivity index (χ1n) is 6.78. The highest BCUT2D eigenvalue weighted by Crippen LogP contribution is 2.34. The molecule has 1 aliphatic heterocycles. The molecule has 2 nitrogen and oxygen atoms in total. The minimum atomic E-state index is -0.0973. The molecule has 2 aromatic rings. The second kappa shape index (κ2) is 7.05. The number of carbonyl (C=O) groups is 1. The maximum atomic E-state index is 12.6. The van der Waals surface area contributed by atoms with Crippen LogP contribution < -0.4 is 0 Å². The van der Waals surface area contributed by atoms with Gasteiger partial charge in [0.1, 0.15) is 4.32 Å². The minimum Gasteiger partial charge on any atom is -0.288 e. The average molecular weight is 380 g/mol. The van der Waals surface area contributed by atoms with Crippen molar-refractivity contribution in [3.63, 3.8) is 0 Å².